The molecule has 7 heteroatoms. The monoisotopic (exact) mass is 350 g/mol. The first-order valence-electron chi connectivity index (χ1n) is 7.93. The highest BCUT2D eigenvalue weighted by Crippen LogP contribution is 2.05. The fraction of sp³-hybridized carbons (Fsp3) is 0.412. The number of amides is 2. The highest BCUT2D eigenvalue weighted by atomic mass is 32.1. The molecular weight excluding hydrogens is 328 g/mol. The first kappa shape index (κ1) is 18.2. The smallest absolute Gasteiger partial charge is 0.252 e. The number of hydrogen-bond acceptors (Lipinski definition) is 5. The second-order valence-electron chi connectivity index (χ2n) is 5.21. The molecule has 0 aromatic carbocycles. The van der Waals surface area contributed by atoms with E-state index in [9.17, 15) is 9.59 Å². The lowest BCUT2D eigenvalue weighted by Gasteiger charge is -2.06. The highest BCUT2D eigenvalue weighted by Gasteiger charge is 2.05. The maximum atomic E-state index is 11.7. The van der Waals surface area contributed by atoms with E-state index in [0.717, 1.165) is 12.2 Å². The lowest BCUT2D eigenvalue weighted by molar-refractivity contribution is -0.121. The molecule has 2 aromatic heterocycles. The van der Waals surface area contributed by atoms with E-state index in [4.69, 9.17) is 9.15 Å². The first-order chi connectivity index (χ1) is 11.8. The molecule has 0 radical (unpaired) electrons. The second kappa shape index (κ2) is 10.6. The van der Waals surface area contributed by atoms with E-state index < -0.39 is 0 Å². The molecule has 0 atom stereocenters. The van der Waals surface area contributed by atoms with Gasteiger partial charge in [-0.2, -0.15) is 11.3 Å². The number of carbonyl (C=O) groups is 2. The molecule has 0 aliphatic carbocycles. The lowest BCUT2D eigenvalue weighted by atomic mass is 10.2. The molecule has 130 valence electrons. The minimum Gasteiger partial charge on any atom is -0.467 e. The summed E-state index contributed by atoms with van der Waals surface area (Å²) in [5, 5.41) is 9.30. The van der Waals surface area contributed by atoms with E-state index in [1.165, 1.54) is 11.3 Å². The average Bonchev–Trinajstić information content (AvgIpc) is 3.28. The second-order valence-corrected chi connectivity index (χ2v) is 5.99. The number of hydrogen-bond donors (Lipinski definition) is 2. The van der Waals surface area contributed by atoms with Gasteiger partial charge in [-0.05, 0) is 36.4 Å². The van der Waals surface area contributed by atoms with E-state index in [1.54, 1.807) is 17.7 Å². The van der Waals surface area contributed by atoms with Gasteiger partial charge in [0.2, 0.25) is 5.91 Å². The predicted octanol–water partition coefficient (Wildman–Crippen LogP) is 2.57. The van der Waals surface area contributed by atoms with Crippen LogP contribution in [0.2, 0.25) is 0 Å². The summed E-state index contributed by atoms with van der Waals surface area (Å²) in [6.07, 6.45) is 3.39. The fourth-order valence-corrected chi connectivity index (χ4v) is 2.64. The van der Waals surface area contributed by atoms with Crippen LogP contribution < -0.4 is 10.6 Å². The van der Waals surface area contributed by atoms with Gasteiger partial charge in [0.25, 0.3) is 5.91 Å². The molecule has 0 unspecified atom stereocenters. The maximum absolute atomic E-state index is 11.7. The summed E-state index contributed by atoms with van der Waals surface area (Å²) in [5.74, 6) is 0.694. The Morgan fingerprint density at radius 2 is 2.04 bits per heavy atom. The summed E-state index contributed by atoms with van der Waals surface area (Å²) in [5.41, 5.74) is 0.666. The van der Waals surface area contributed by atoms with Gasteiger partial charge >= 0.3 is 0 Å². The van der Waals surface area contributed by atoms with Crippen molar-refractivity contribution in [3.8, 4) is 0 Å². The van der Waals surface area contributed by atoms with Crippen LogP contribution in [-0.2, 0) is 16.1 Å². The summed E-state index contributed by atoms with van der Waals surface area (Å²) in [6, 6.07) is 5.46. The van der Waals surface area contributed by atoms with E-state index in [1.807, 2.05) is 17.5 Å². The zero-order valence-corrected chi connectivity index (χ0v) is 14.3. The minimum absolute atomic E-state index is 0.00850. The quantitative estimate of drug-likeness (QED) is 0.611. The number of furan rings is 1. The molecular formula is C17H22N2O4S. The molecule has 2 rings (SSSR count). The van der Waals surface area contributed by atoms with Crippen molar-refractivity contribution in [3.05, 3.63) is 46.5 Å². The number of nitrogens with one attached hydrogen (secondary N) is 2. The van der Waals surface area contributed by atoms with Gasteiger partial charge in [0.1, 0.15) is 12.4 Å². The van der Waals surface area contributed by atoms with Gasteiger partial charge in [0.15, 0.2) is 0 Å². The van der Waals surface area contributed by atoms with E-state index in [2.05, 4.69) is 10.6 Å². The molecule has 2 aromatic rings. The Hall–Kier alpha value is -2.12. The van der Waals surface area contributed by atoms with Gasteiger partial charge in [-0.15, -0.1) is 0 Å². The summed E-state index contributed by atoms with van der Waals surface area (Å²) < 4.78 is 10.6. The number of ether oxygens (including phenoxy) is 1. The highest BCUT2D eigenvalue weighted by molar-refractivity contribution is 7.08. The molecule has 0 aliphatic heterocycles. The molecule has 0 aliphatic rings. The van der Waals surface area contributed by atoms with Gasteiger partial charge < -0.3 is 19.8 Å². The van der Waals surface area contributed by atoms with E-state index in [0.29, 0.717) is 44.7 Å². The van der Waals surface area contributed by atoms with Gasteiger partial charge in [0.05, 0.1) is 6.26 Å². The van der Waals surface area contributed by atoms with Gasteiger partial charge in [-0.3, -0.25) is 9.59 Å². The van der Waals surface area contributed by atoms with Crippen LogP contribution in [0.1, 0.15) is 35.4 Å². The van der Waals surface area contributed by atoms with Crippen LogP contribution in [-0.4, -0.2) is 31.5 Å². The molecule has 0 saturated heterocycles. The fourth-order valence-electron chi connectivity index (χ4n) is 2.00. The zero-order valence-electron chi connectivity index (χ0n) is 13.5. The molecule has 0 fully saturated rings. The Kier molecular flexibility index (Phi) is 8.06. The van der Waals surface area contributed by atoms with Crippen LogP contribution in [0.25, 0.3) is 0 Å². The summed E-state index contributed by atoms with van der Waals surface area (Å²) in [6.45, 7) is 2.09. The van der Waals surface area contributed by atoms with Crippen molar-refractivity contribution < 1.29 is 18.7 Å². The van der Waals surface area contributed by atoms with Crippen molar-refractivity contribution in [3.63, 3.8) is 0 Å². The van der Waals surface area contributed by atoms with Crippen LogP contribution in [0, 0.1) is 0 Å². The Morgan fingerprint density at radius 3 is 2.79 bits per heavy atom. The minimum atomic E-state index is -0.0923. The Labute approximate surface area is 145 Å². The zero-order chi connectivity index (χ0) is 17.0. The van der Waals surface area contributed by atoms with E-state index in [-0.39, 0.29) is 11.8 Å². The van der Waals surface area contributed by atoms with Crippen LogP contribution >= 0.6 is 11.3 Å². The van der Waals surface area contributed by atoms with Crippen molar-refractivity contribution in [1.82, 2.24) is 10.6 Å². The van der Waals surface area contributed by atoms with Crippen LogP contribution in [0.5, 0.6) is 0 Å². The molecule has 2 heterocycles. The third-order valence-electron chi connectivity index (χ3n) is 3.26. The normalized spacial score (nSPS) is 10.5. The molecule has 0 saturated carbocycles. The molecule has 0 spiro atoms. The van der Waals surface area contributed by atoms with Crippen molar-refractivity contribution in [1.29, 1.82) is 0 Å². The van der Waals surface area contributed by atoms with Crippen LogP contribution in [0.4, 0.5) is 0 Å². The van der Waals surface area contributed by atoms with Crippen molar-refractivity contribution in [2.24, 2.45) is 0 Å². The third-order valence-corrected chi connectivity index (χ3v) is 3.94. The number of rotatable bonds is 11. The Morgan fingerprint density at radius 1 is 1.17 bits per heavy atom. The van der Waals surface area contributed by atoms with E-state index >= 15 is 0 Å². The first-order valence-corrected chi connectivity index (χ1v) is 8.87. The third kappa shape index (κ3) is 6.97. The summed E-state index contributed by atoms with van der Waals surface area (Å²) in [4.78, 5) is 23.3. The standard InChI is InChI=1S/C17H22N2O4S/c20-16(5-1-7-19-17(21)14-6-11-24-13-14)18-8-3-9-22-12-15-4-2-10-23-15/h2,4,6,10-11,13H,1,3,5,7-9,12H2,(H,18,20)(H,19,21). The SMILES string of the molecule is O=C(CCCNC(=O)c1ccsc1)NCCCOCc1ccco1. The predicted molar refractivity (Wildman–Crippen MR) is 91.9 cm³/mol. The van der Waals surface area contributed by atoms with Gasteiger partial charge in [-0.1, -0.05) is 0 Å². The topological polar surface area (TPSA) is 80.6 Å². The molecule has 0 bridgehead atoms. The average molecular weight is 350 g/mol. The molecule has 24 heavy (non-hydrogen) atoms. The largest absolute Gasteiger partial charge is 0.467 e. The number of carbonyl (C=O) groups excluding carboxylic acids is 2. The molecule has 6 nitrogen and oxygen atoms in total. The summed E-state index contributed by atoms with van der Waals surface area (Å²) >= 11 is 1.49. The van der Waals surface area contributed by atoms with Crippen LogP contribution in [0.15, 0.2) is 39.6 Å². The van der Waals surface area contributed by atoms with Crippen LogP contribution in [0.3, 0.4) is 0 Å². The van der Waals surface area contributed by atoms with Crippen molar-refractivity contribution in [2.45, 2.75) is 25.9 Å². The number of thiophene rings is 1. The van der Waals surface area contributed by atoms with Crippen molar-refractivity contribution in [2.75, 3.05) is 19.7 Å². The summed E-state index contributed by atoms with van der Waals surface area (Å²) in [7, 11) is 0. The lowest BCUT2D eigenvalue weighted by Crippen LogP contribution is -2.28. The van der Waals surface area contributed by atoms with Crippen molar-refractivity contribution >= 4 is 23.2 Å². The Bertz CT molecular complexity index is 596. The molecule has 2 N–H and O–H groups in total. The Balaban J connectivity index is 1.41. The van der Waals surface area contributed by atoms with Gasteiger partial charge in [-0.25, -0.2) is 0 Å². The molecule has 2 amide bonds. The van der Waals surface area contributed by atoms with Gasteiger partial charge in [0, 0.05) is 37.1 Å². The maximum Gasteiger partial charge on any atom is 0.252 e.